The zero-order chi connectivity index (χ0) is 14.6. The van der Waals surface area contributed by atoms with Crippen LogP contribution in [0.4, 0.5) is 11.4 Å². The third kappa shape index (κ3) is 3.38. The number of likely N-dealkylation sites (N-methyl/N-ethyl adjacent to an activating group) is 1. The molecule has 1 aromatic carbocycles. The molecule has 0 unspecified atom stereocenters. The first-order chi connectivity index (χ1) is 8.83. The largest absolute Gasteiger partial charge is 0.462 e. The van der Waals surface area contributed by atoms with E-state index in [0.717, 1.165) is 5.69 Å². The molecule has 0 saturated carbocycles. The predicted molar refractivity (Wildman–Crippen MR) is 76.4 cm³/mol. The number of carbonyl (C=O) groups is 1. The minimum atomic E-state index is -0.431. The van der Waals surface area contributed by atoms with E-state index in [4.69, 9.17) is 10.5 Å². The van der Waals surface area contributed by atoms with Crippen LogP contribution in [0.25, 0.3) is 0 Å². The van der Waals surface area contributed by atoms with E-state index in [1.54, 1.807) is 25.1 Å². The summed E-state index contributed by atoms with van der Waals surface area (Å²) in [6, 6.07) is 5.03. The van der Waals surface area contributed by atoms with E-state index in [1.807, 2.05) is 25.8 Å². The normalized spacial score (nSPS) is 11.2. The Kier molecular flexibility index (Phi) is 4.78. The second kappa shape index (κ2) is 5.93. The fraction of sp³-hybridized carbons (Fsp3) is 0.500. The van der Waals surface area contributed by atoms with Gasteiger partial charge in [0, 0.05) is 7.05 Å². The van der Waals surface area contributed by atoms with Gasteiger partial charge in [-0.25, -0.2) is 4.79 Å². The van der Waals surface area contributed by atoms with Crippen molar-refractivity contribution in [2.75, 3.05) is 30.9 Å². The van der Waals surface area contributed by atoms with Gasteiger partial charge in [-0.2, -0.15) is 0 Å². The molecule has 1 aromatic rings. The van der Waals surface area contributed by atoms with Crippen molar-refractivity contribution in [2.24, 2.45) is 0 Å². The van der Waals surface area contributed by atoms with Crippen LogP contribution >= 0.6 is 0 Å². The van der Waals surface area contributed by atoms with Crippen LogP contribution in [0.15, 0.2) is 18.2 Å². The van der Waals surface area contributed by atoms with Gasteiger partial charge in [-0.05, 0) is 39.0 Å². The molecule has 3 N–H and O–H groups in total. The number of nitrogen functional groups attached to an aromatic ring is 1. The number of nitrogens with zero attached hydrogens (tertiary/aromatic N) is 1. The van der Waals surface area contributed by atoms with Crippen molar-refractivity contribution >= 4 is 17.3 Å². The number of nitrogens with two attached hydrogens (primary N) is 1. The van der Waals surface area contributed by atoms with Crippen molar-refractivity contribution in [3.63, 3.8) is 0 Å². The number of aliphatic hydroxyl groups is 1. The number of esters is 1. The Morgan fingerprint density at radius 1 is 1.47 bits per heavy atom. The summed E-state index contributed by atoms with van der Waals surface area (Å²) in [6.45, 7) is 5.91. The maximum Gasteiger partial charge on any atom is 0.338 e. The van der Waals surface area contributed by atoms with Crippen molar-refractivity contribution in [3.8, 4) is 0 Å². The monoisotopic (exact) mass is 266 g/mol. The zero-order valence-corrected chi connectivity index (χ0v) is 11.9. The maximum atomic E-state index is 11.6. The molecule has 106 valence electrons. The van der Waals surface area contributed by atoms with E-state index in [0.29, 0.717) is 17.9 Å². The highest BCUT2D eigenvalue weighted by atomic mass is 16.5. The Morgan fingerprint density at radius 2 is 2.11 bits per heavy atom. The average molecular weight is 266 g/mol. The van der Waals surface area contributed by atoms with Crippen LogP contribution < -0.4 is 10.6 Å². The van der Waals surface area contributed by atoms with Gasteiger partial charge in [0.2, 0.25) is 0 Å². The van der Waals surface area contributed by atoms with Gasteiger partial charge in [-0.3, -0.25) is 0 Å². The second-order valence-corrected chi connectivity index (χ2v) is 5.02. The lowest BCUT2D eigenvalue weighted by molar-refractivity contribution is 0.0526. The molecular weight excluding hydrogens is 244 g/mol. The number of anilines is 2. The topological polar surface area (TPSA) is 75.8 Å². The molecule has 0 heterocycles. The van der Waals surface area contributed by atoms with Gasteiger partial charge in [0.25, 0.3) is 0 Å². The Morgan fingerprint density at radius 3 is 2.58 bits per heavy atom. The molecule has 0 aliphatic rings. The zero-order valence-electron chi connectivity index (χ0n) is 11.9. The Balaban J connectivity index is 3.04. The summed E-state index contributed by atoms with van der Waals surface area (Å²) in [4.78, 5) is 13.5. The highest BCUT2D eigenvalue weighted by Gasteiger charge is 2.24. The van der Waals surface area contributed by atoms with Crippen LogP contribution in [0.5, 0.6) is 0 Å². The van der Waals surface area contributed by atoms with Crippen LogP contribution in [0.1, 0.15) is 31.1 Å². The van der Waals surface area contributed by atoms with E-state index >= 15 is 0 Å². The van der Waals surface area contributed by atoms with Crippen LogP contribution in [0.2, 0.25) is 0 Å². The van der Waals surface area contributed by atoms with Crippen molar-refractivity contribution < 1.29 is 14.6 Å². The number of benzene rings is 1. The Hall–Kier alpha value is -1.75. The molecule has 19 heavy (non-hydrogen) atoms. The molecule has 0 spiro atoms. The minimum Gasteiger partial charge on any atom is -0.462 e. The third-order valence-corrected chi connectivity index (χ3v) is 3.19. The number of ether oxygens (including phenoxy) is 1. The quantitative estimate of drug-likeness (QED) is 0.626. The summed E-state index contributed by atoms with van der Waals surface area (Å²) in [5.74, 6) is -0.384. The lowest BCUT2D eigenvalue weighted by atomic mass is 10.0. The van der Waals surface area contributed by atoms with Gasteiger partial charge in [0.1, 0.15) is 0 Å². The first-order valence-corrected chi connectivity index (χ1v) is 6.24. The average Bonchev–Trinajstić information content (AvgIpc) is 2.38. The third-order valence-electron chi connectivity index (χ3n) is 3.19. The molecule has 0 aliphatic heterocycles. The fourth-order valence-corrected chi connectivity index (χ4v) is 1.63. The number of rotatable bonds is 5. The molecule has 0 atom stereocenters. The molecule has 0 bridgehead atoms. The highest BCUT2D eigenvalue weighted by Crippen LogP contribution is 2.28. The SMILES string of the molecule is CCOC(=O)c1ccc(N(C)C(C)(C)CO)c(N)c1. The number of carbonyl (C=O) groups excluding carboxylic acids is 1. The van der Waals surface area contributed by atoms with Crippen LogP contribution in [0.3, 0.4) is 0 Å². The second-order valence-electron chi connectivity index (χ2n) is 5.02. The first kappa shape index (κ1) is 15.3. The van der Waals surface area contributed by atoms with E-state index in [9.17, 15) is 9.90 Å². The van der Waals surface area contributed by atoms with Gasteiger partial charge in [-0.1, -0.05) is 0 Å². The van der Waals surface area contributed by atoms with E-state index in [2.05, 4.69) is 0 Å². The molecule has 5 nitrogen and oxygen atoms in total. The molecule has 0 aliphatic carbocycles. The van der Waals surface area contributed by atoms with E-state index in [1.165, 1.54) is 0 Å². The van der Waals surface area contributed by atoms with Crippen molar-refractivity contribution in [1.29, 1.82) is 0 Å². The molecule has 0 fully saturated rings. The van der Waals surface area contributed by atoms with Crippen molar-refractivity contribution in [1.82, 2.24) is 0 Å². The maximum absolute atomic E-state index is 11.6. The number of aliphatic hydroxyl groups excluding tert-OH is 1. The summed E-state index contributed by atoms with van der Waals surface area (Å²) in [7, 11) is 1.85. The number of hydrogen-bond donors (Lipinski definition) is 2. The molecular formula is C14H22N2O3. The molecule has 0 aromatic heterocycles. The lowest BCUT2D eigenvalue weighted by Crippen LogP contribution is -2.44. The van der Waals surface area contributed by atoms with Gasteiger partial charge in [0.15, 0.2) is 0 Å². The number of hydrogen-bond acceptors (Lipinski definition) is 5. The Bertz CT molecular complexity index is 458. The van der Waals surface area contributed by atoms with Crippen molar-refractivity contribution in [3.05, 3.63) is 23.8 Å². The van der Waals surface area contributed by atoms with Gasteiger partial charge >= 0.3 is 5.97 Å². The molecule has 0 saturated heterocycles. The molecule has 5 heteroatoms. The van der Waals surface area contributed by atoms with E-state index < -0.39 is 5.54 Å². The minimum absolute atomic E-state index is 0.00255. The summed E-state index contributed by atoms with van der Waals surface area (Å²) in [6.07, 6.45) is 0. The van der Waals surface area contributed by atoms with Crippen LogP contribution in [-0.4, -0.2) is 36.9 Å². The molecule has 0 amide bonds. The standard InChI is InChI=1S/C14H22N2O3/c1-5-19-13(18)10-6-7-12(11(15)8-10)16(4)14(2,3)9-17/h6-8,17H,5,9,15H2,1-4H3. The van der Waals surface area contributed by atoms with E-state index in [-0.39, 0.29) is 12.6 Å². The van der Waals surface area contributed by atoms with Gasteiger partial charge < -0.3 is 20.5 Å². The summed E-state index contributed by atoms with van der Waals surface area (Å²) >= 11 is 0. The first-order valence-electron chi connectivity index (χ1n) is 6.24. The van der Waals surface area contributed by atoms with Crippen LogP contribution in [-0.2, 0) is 4.74 Å². The van der Waals surface area contributed by atoms with Gasteiger partial charge in [0.05, 0.1) is 35.7 Å². The summed E-state index contributed by atoms with van der Waals surface area (Å²) < 4.78 is 4.92. The fourth-order valence-electron chi connectivity index (χ4n) is 1.63. The van der Waals surface area contributed by atoms with Crippen molar-refractivity contribution in [2.45, 2.75) is 26.3 Å². The molecule has 1 rings (SSSR count). The highest BCUT2D eigenvalue weighted by molar-refractivity contribution is 5.92. The van der Waals surface area contributed by atoms with Gasteiger partial charge in [-0.15, -0.1) is 0 Å². The van der Waals surface area contributed by atoms with Crippen LogP contribution in [0, 0.1) is 0 Å². The summed E-state index contributed by atoms with van der Waals surface area (Å²) in [5.41, 5.74) is 7.23. The Labute approximate surface area is 114 Å². The smallest absolute Gasteiger partial charge is 0.338 e. The molecule has 0 radical (unpaired) electrons. The summed E-state index contributed by atoms with van der Waals surface area (Å²) in [5, 5.41) is 9.37. The predicted octanol–water partition coefficient (Wildman–Crippen LogP) is 1.65. The lowest BCUT2D eigenvalue weighted by Gasteiger charge is -2.36.